The minimum Gasteiger partial charge on any atom is -0.428 e. The maximum absolute atomic E-state index is 12.5. The molecule has 0 aliphatic heterocycles. The van der Waals surface area contributed by atoms with Gasteiger partial charge in [0.25, 0.3) is 0 Å². The third-order valence-electron chi connectivity index (χ3n) is 1.55. The fourth-order valence-electron chi connectivity index (χ4n) is 0.862. The maximum atomic E-state index is 12.5. The van der Waals surface area contributed by atoms with Gasteiger partial charge in [0.05, 0.1) is 5.56 Å². The van der Waals surface area contributed by atoms with Crippen molar-refractivity contribution < 1.29 is 27.1 Å². The quantitative estimate of drug-likeness (QED) is 0.578. The highest BCUT2D eigenvalue weighted by molar-refractivity contribution is 5.79. The van der Waals surface area contributed by atoms with Gasteiger partial charge in [-0.2, -0.15) is 17.6 Å². The van der Waals surface area contributed by atoms with Crippen molar-refractivity contribution in [3.05, 3.63) is 29.8 Å². The first-order valence-electron chi connectivity index (χ1n) is 3.86. The van der Waals surface area contributed by atoms with E-state index in [0.29, 0.717) is 0 Å². The number of hydrogen-bond acceptors (Lipinski definition) is 2. The van der Waals surface area contributed by atoms with Crippen molar-refractivity contribution in [1.82, 2.24) is 0 Å². The molecule has 82 valence electrons. The smallest absolute Gasteiger partial charge is 0.428 e. The Morgan fingerprint density at radius 2 is 1.87 bits per heavy atom. The largest absolute Gasteiger partial charge is 0.461 e. The molecule has 0 N–H and O–H groups in total. The predicted molar refractivity (Wildman–Crippen MR) is 43.4 cm³/mol. The van der Waals surface area contributed by atoms with Crippen molar-refractivity contribution >= 4 is 6.29 Å². The minimum atomic E-state index is -4.60. The van der Waals surface area contributed by atoms with Gasteiger partial charge in [-0.1, -0.05) is 12.1 Å². The molecule has 0 saturated carbocycles. The molecule has 0 heterocycles. The molecule has 0 bridgehead atoms. The second-order valence-corrected chi connectivity index (χ2v) is 2.62. The Labute approximate surface area is 82.5 Å². The van der Waals surface area contributed by atoms with Crippen LogP contribution in [0.5, 0.6) is 5.75 Å². The van der Waals surface area contributed by atoms with Gasteiger partial charge in [-0.3, -0.25) is 4.79 Å². The molecule has 0 fully saturated rings. The molecule has 1 aromatic carbocycles. The minimum absolute atomic E-state index is 0.210. The molecule has 0 spiro atoms. The zero-order chi connectivity index (χ0) is 11.5. The normalized spacial score (nSPS) is 11.5. The average molecular weight is 222 g/mol. The summed E-state index contributed by atoms with van der Waals surface area (Å²) in [5.74, 6) is -0.571. The molecule has 0 amide bonds. The van der Waals surface area contributed by atoms with Gasteiger partial charge < -0.3 is 4.74 Å². The molecule has 0 aromatic heterocycles. The second-order valence-electron chi connectivity index (χ2n) is 2.62. The highest BCUT2D eigenvalue weighted by Gasteiger charge is 2.44. The van der Waals surface area contributed by atoms with Crippen LogP contribution in [-0.2, 0) is 0 Å². The van der Waals surface area contributed by atoms with Gasteiger partial charge in [-0.15, -0.1) is 0 Å². The second kappa shape index (κ2) is 4.29. The predicted octanol–water partition coefficient (Wildman–Crippen LogP) is 2.74. The lowest BCUT2D eigenvalue weighted by atomic mass is 10.2. The van der Waals surface area contributed by atoms with E-state index in [2.05, 4.69) is 4.74 Å². The van der Waals surface area contributed by atoms with E-state index in [4.69, 9.17) is 0 Å². The number of halogens is 4. The van der Waals surface area contributed by atoms with Crippen molar-refractivity contribution in [3.8, 4) is 5.75 Å². The molecule has 15 heavy (non-hydrogen) atoms. The van der Waals surface area contributed by atoms with Gasteiger partial charge in [-0.25, -0.2) is 0 Å². The fraction of sp³-hybridized carbons (Fsp3) is 0.222. The first-order valence-corrected chi connectivity index (χ1v) is 3.86. The molecule has 0 aliphatic rings. The van der Waals surface area contributed by atoms with Crippen molar-refractivity contribution in [2.24, 2.45) is 0 Å². The summed E-state index contributed by atoms with van der Waals surface area (Å²) < 4.78 is 52.2. The first kappa shape index (κ1) is 11.5. The van der Waals surface area contributed by atoms with Crippen LogP contribution in [0.15, 0.2) is 24.3 Å². The third-order valence-corrected chi connectivity index (χ3v) is 1.55. The molecule has 1 rings (SSSR count). The molecule has 2 nitrogen and oxygen atoms in total. The van der Waals surface area contributed by atoms with E-state index in [9.17, 15) is 22.4 Å². The van der Waals surface area contributed by atoms with Gasteiger partial charge in [-0.05, 0) is 12.1 Å². The number of ether oxygens (including phenoxy) is 1. The van der Waals surface area contributed by atoms with E-state index in [0.717, 1.165) is 6.07 Å². The van der Waals surface area contributed by atoms with E-state index in [1.54, 1.807) is 0 Å². The molecule has 0 radical (unpaired) electrons. The Hall–Kier alpha value is -1.59. The monoisotopic (exact) mass is 222 g/mol. The van der Waals surface area contributed by atoms with Gasteiger partial charge in [0, 0.05) is 0 Å². The van der Waals surface area contributed by atoms with Gasteiger partial charge in [0.1, 0.15) is 5.75 Å². The van der Waals surface area contributed by atoms with Crippen LogP contribution in [0.25, 0.3) is 0 Å². The molecule has 1 aromatic rings. The summed E-state index contributed by atoms with van der Waals surface area (Å²) >= 11 is 0. The van der Waals surface area contributed by atoms with E-state index in [1.807, 2.05) is 0 Å². The number of para-hydroxylation sites is 1. The van der Waals surface area contributed by atoms with E-state index < -0.39 is 18.3 Å². The van der Waals surface area contributed by atoms with Gasteiger partial charge >= 0.3 is 12.5 Å². The zero-order valence-corrected chi connectivity index (χ0v) is 7.29. The molecule has 0 unspecified atom stereocenters. The summed E-state index contributed by atoms with van der Waals surface area (Å²) in [5, 5.41) is 0. The van der Waals surface area contributed by atoms with E-state index >= 15 is 0 Å². The number of rotatable bonds is 4. The van der Waals surface area contributed by atoms with Crippen LogP contribution in [0.3, 0.4) is 0 Å². The number of alkyl halides is 4. The van der Waals surface area contributed by atoms with Crippen LogP contribution in [0.1, 0.15) is 10.4 Å². The molecule has 6 heteroatoms. The molecule has 0 aliphatic carbocycles. The van der Waals surface area contributed by atoms with Gasteiger partial charge in [0.15, 0.2) is 6.29 Å². The maximum Gasteiger partial charge on any atom is 0.461 e. The number of hydrogen-bond donors (Lipinski definition) is 0. The van der Waals surface area contributed by atoms with Crippen LogP contribution in [0.4, 0.5) is 17.6 Å². The number of aldehydes is 1. The summed E-state index contributed by atoms with van der Waals surface area (Å²) in [6.07, 6.45) is -8.30. The van der Waals surface area contributed by atoms with Gasteiger partial charge in [0.2, 0.25) is 0 Å². The van der Waals surface area contributed by atoms with E-state index in [1.165, 1.54) is 18.2 Å². The highest BCUT2D eigenvalue weighted by atomic mass is 19.3. The lowest BCUT2D eigenvalue weighted by Crippen LogP contribution is -2.33. The summed E-state index contributed by atoms with van der Waals surface area (Å²) in [5.41, 5.74) is -0.210. The highest BCUT2D eigenvalue weighted by Crippen LogP contribution is 2.28. The Balaban J connectivity index is 2.94. The topological polar surface area (TPSA) is 26.3 Å². The van der Waals surface area contributed by atoms with Crippen LogP contribution >= 0.6 is 0 Å². The Morgan fingerprint density at radius 3 is 2.40 bits per heavy atom. The van der Waals surface area contributed by atoms with Crippen molar-refractivity contribution in [3.63, 3.8) is 0 Å². The van der Waals surface area contributed by atoms with Crippen molar-refractivity contribution in [2.45, 2.75) is 12.5 Å². The van der Waals surface area contributed by atoms with Crippen molar-refractivity contribution in [2.75, 3.05) is 0 Å². The molecular weight excluding hydrogens is 216 g/mol. The van der Waals surface area contributed by atoms with E-state index in [-0.39, 0.29) is 11.8 Å². The molecule has 0 saturated heterocycles. The number of carbonyl (C=O) groups excluding carboxylic acids is 1. The Morgan fingerprint density at radius 1 is 1.27 bits per heavy atom. The number of benzene rings is 1. The Kier molecular flexibility index (Phi) is 3.28. The van der Waals surface area contributed by atoms with Crippen LogP contribution < -0.4 is 4.74 Å². The summed E-state index contributed by atoms with van der Waals surface area (Å²) in [4.78, 5) is 10.4. The Bertz CT molecular complexity index is 352. The SMILES string of the molecule is O=Cc1ccccc1OC(F)(F)C(F)F. The average Bonchev–Trinajstić information content (AvgIpc) is 2.18. The summed E-state index contributed by atoms with van der Waals surface area (Å²) in [7, 11) is 0. The van der Waals surface area contributed by atoms with Crippen LogP contribution in [-0.4, -0.2) is 18.8 Å². The third kappa shape index (κ3) is 2.68. The lowest BCUT2D eigenvalue weighted by molar-refractivity contribution is -0.253. The van der Waals surface area contributed by atoms with Crippen LogP contribution in [0.2, 0.25) is 0 Å². The summed E-state index contributed by atoms with van der Waals surface area (Å²) in [6, 6.07) is 4.89. The van der Waals surface area contributed by atoms with Crippen molar-refractivity contribution in [1.29, 1.82) is 0 Å². The standard InChI is InChI=1S/C9H6F4O2/c10-8(11)9(12,13)15-7-4-2-1-3-6(7)5-14/h1-5,8H. The lowest BCUT2D eigenvalue weighted by Gasteiger charge is -2.17. The zero-order valence-electron chi connectivity index (χ0n) is 7.29. The molecule has 0 atom stereocenters. The van der Waals surface area contributed by atoms with Crippen LogP contribution in [0, 0.1) is 0 Å². The molecular formula is C9H6F4O2. The summed E-state index contributed by atoms with van der Waals surface area (Å²) in [6.45, 7) is 0. The first-order chi connectivity index (χ1) is 6.97. The fourth-order valence-corrected chi connectivity index (χ4v) is 0.862. The number of carbonyl (C=O) groups is 1.